The van der Waals surface area contributed by atoms with E-state index < -0.39 is 0 Å². The summed E-state index contributed by atoms with van der Waals surface area (Å²) in [5, 5.41) is 18.1. The molecule has 0 saturated carbocycles. The molecule has 0 aromatic heterocycles. The minimum atomic E-state index is 0.0164. The number of nitriles is 1. The fourth-order valence-corrected chi connectivity index (χ4v) is 1.67. The predicted molar refractivity (Wildman–Crippen MR) is 62.5 cm³/mol. The summed E-state index contributed by atoms with van der Waals surface area (Å²) in [5.41, 5.74) is 3.37. The Bertz CT molecular complexity index is 540. The van der Waals surface area contributed by atoms with Crippen molar-refractivity contribution in [2.45, 2.75) is 6.61 Å². The fraction of sp³-hybridized carbons (Fsp3) is 0.0714. The number of nitrogens with zero attached hydrogens (tertiary/aromatic N) is 1. The summed E-state index contributed by atoms with van der Waals surface area (Å²) in [6.45, 7) is 0.0164. The van der Waals surface area contributed by atoms with Crippen LogP contribution in [0.1, 0.15) is 11.1 Å². The molecule has 2 aromatic rings. The van der Waals surface area contributed by atoms with Gasteiger partial charge in [-0.15, -0.1) is 0 Å². The molecular weight excluding hydrogens is 198 g/mol. The first-order valence-electron chi connectivity index (χ1n) is 5.04. The van der Waals surface area contributed by atoms with Gasteiger partial charge in [-0.2, -0.15) is 5.26 Å². The summed E-state index contributed by atoms with van der Waals surface area (Å²) >= 11 is 0. The van der Waals surface area contributed by atoms with E-state index in [1.165, 1.54) is 0 Å². The molecule has 2 rings (SSSR count). The van der Waals surface area contributed by atoms with Crippen LogP contribution < -0.4 is 0 Å². The normalized spacial score (nSPS) is 9.75. The quantitative estimate of drug-likeness (QED) is 0.826. The number of hydrogen-bond donors (Lipinski definition) is 1. The molecule has 0 aliphatic rings. The number of aliphatic hydroxyl groups excluding tert-OH is 1. The molecule has 2 heteroatoms. The van der Waals surface area contributed by atoms with Gasteiger partial charge in [0.15, 0.2) is 0 Å². The van der Waals surface area contributed by atoms with Crippen LogP contribution in [0, 0.1) is 11.3 Å². The molecule has 0 heterocycles. The number of aliphatic hydroxyl groups is 1. The monoisotopic (exact) mass is 209 g/mol. The van der Waals surface area contributed by atoms with Crippen molar-refractivity contribution in [3.63, 3.8) is 0 Å². The van der Waals surface area contributed by atoms with Crippen molar-refractivity contribution < 1.29 is 5.11 Å². The highest BCUT2D eigenvalue weighted by Crippen LogP contribution is 2.23. The van der Waals surface area contributed by atoms with Crippen LogP contribution in [0.5, 0.6) is 0 Å². The van der Waals surface area contributed by atoms with Crippen molar-refractivity contribution in [2.24, 2.45) is 0 Å². The molecular formula is C14H11NO. The van der Waals surface area contributed by atoms with Gasteiger partial charge in [-0.05, 0) is 28.8 Å². The Balaban J connectivity index is 2.55. The Hall–Kier alpha value is -2.11. The third-order valence-corrected chi connectivity index (χ3v) is 2.47. The van der Waals surface area contributed by atoms with Crippen molar-refractivity contribution in [3.05, 3.63) is 59.7 Å². The molecule has 0 aliphatic heterocycles. The van der Waals surface area contributed by atoms with E-state index in [0.717, 1.165) is 16.7 Å². The molecule has 0 aliphatic carbocycles. The van der Waals surface area contributed by atoms with Crippen LogP contribution in [0.15, 0.2) is 48.5 Å². The van der Waals surface area contributed by atoms with Gasteiger partial charge in [0.25, 0.3) is 0 Å². The first-order chi connectivity index (χ1) is 7.85. The maximum absolute atomic E-state index is 9.07. The summed E-state index contributed by atoms with van der Waals surface area (Å²) in [5.74, 6) is 0. The van der Waals surface area contributed by atoms with Crippen LogP contribution in [-0.2, 0) is 6.61 Å². The second-order valence-corrected chi connectivity index (χ2v) is 3.52. The Morgan fingerprint density at radius 3 is 2.62 bits per heavy atom. The first kappa shape index (κ1) is 10.4. The maximum Gasteiger partial charge on any atom is 0.0998 e. The van der Waals surface area contributed by atoms with Crippen LogP contribution in [-0.4, -0.2) is 5.11 Å². The highest BCUT2D eigenvalue weighted by Gasteiger charge is 2.03. The maximum atomic E-state index is 9.07. The van der Waals surface area contributed by atoms with Gasteiger partial charge >= 0.3 is 0 Å². The lowest BCUT2D eigenvalue weighted by Gasteiger charge is -2.05. The minimum absolute atomic E-state index is 0.0164. The summed E-state index contributed by atoms with van der Waals surface area (Å²) in [6, 6.07) is 17.2. The average molecular weight is 209 g/mol. The van der Waals surface area contributed by atoms with E-state index in [-0.39, 0.29) is 6.61 Å². The Morgan fingerprint density at radius 2 is 1.88 bits per heavy atom. The van der Waals surface area contributed by atoms with Crippen LogP contribution >= 0.6 is 0 Å². The highest BCUT2D eigenvalue weighted by atomic mass is 16.3. The smallest absolute Gasteiger partial charge is 0.0998 e. The standard InChI is InChI=1S/C14H11NO/c15-9-13-5-1-2-7-14(13)12-6-3-4-11(8-12)10-16/h1-8,16H,10H2. The zero-order valence-corrected chi connectivity index (χ0v) is 8.72. The second-order valence-electron chi connectivity index (χ2n) is 3.52. The van der Waals surface area contributed by atoms with Crippen molar-refractivity contribution in [1.82, 2.24) is 0 Å². The molecule has 0 radical (unpaired) electrons. The van der Waals surface area contributed by atoms with Gasteiger partial charge in [-0.25, -0.2) is 0 Å². The van der Waals surface area contributed by atoms with Crippen LogP contribution in [0.3, 0.4) is 0 Å². The van der Waals surface area contributed by atoms with Crippen molar-refractivity contribution >= 4 is 0 Å². The molecule has 1 N–H and O–H groups in total. The average Bonchev–Trinajstić information content (AvgIpc) is 2.38. The van der Waals surface area contributed by atoms with Gasteiger partial charge in [0.1, 0.15) is 0 Å². The van der Waals surface area contributed by atoms with Crippen LogP contribution in [0.2, 0.25) is 0 Å². The summed E-state index contributed by atoms with van der Waals surface area (Å²) in [7, 11) is 0. The molecule has 16 heavy (non-hydrogen) atoms. The largest absolute Gasteiger partial charge is 0.392 e. The van der Waals surface area contributed by atoms with Crippen LogP contribution in [0.25, 0.3) is 11.1 Å². The van der Waals surface area contributed by atoms with E-state index in [1.54, 1.807) is 6.07 Å². The zero-order chi connectivity index (χ0) is 11.4. The minimum Gasteiger partial charge on any atom is -0.392 e. The van der Waals surface area contributed by atoms with Gasteiger partial charge < -0.3 is 5.11 Å². The van der Waals surface area contributed by atoms with Crippen molar-refractivity contribution in [1.29, 1.82) is 5.26 Å². The van der Waals surface area contributed by atoms with E-state index >= 15 is 0 Å². The molecule has 0 unspecified atom stereocenters. The summed E-state index contributed by atoms with van der Waals surface area (Å²) in [4.78, 5) is 0. The molecule has 0 amide bonds. The SMILES string of the molecule is N#Cc1ccccc1-c1cccc(CO)c1. The van der Waals surface area contributed by atoms with Gasteiger partial charge in [-0.1, -0.05) is 36.4 Å². The molecule has 0 atom stereocenters. The van der Waals surface area contributed by atoms with E-state index in [0.29, 0.717) is 5.56 Å². The van der Waals surface area contributed by atoms with Crippen molar-refractivity contribution in [2.75, 3.05) is 0 Å². The molecule has 0 spiro atoms. The Kier molecular flexibility index (Phi) is 3.00. The second kappa shape index (κ2) is 4.61. The molecule has 78 valence electrons. The summed E-state index contributed by atoms with van der Waals surface area (Å²) < 4.78 is 0. The number of rotatable bonds is 2. The summed E-state index contributed by atoms with van der Waals surface area (Å²) in [6.07, 6.45) is 0. The molecule has 0 fully saturated rings. The zero-order valence-electron chi connectivity index (χ0n) is 8.72. The van der Waals surface area contributed by atoms with Gasteiger partial charge in [0.2, 0.25) is 0 Å². The van der Waals surface area contributed by atoms with E-state index in [1.807, 2.05) is 42.5 Å². The number of hydrogen-bond acceptors (Lipinski definition) is 2. The van der Waals surface area contributed by atoms with E-state index in [4.69, 9.17) is 10.4 Å². The Morgan fingerprint density at radius 1 is 1.06 bits per heavy atom. The predicted octanol–water partition coefficient (Wildman–Crippen LogP) is 2.72. The third-order valence-electron chi connectivity index (χ3n) is 2.47. The molecule has 2 aromatic carbocycles. The van der Waals surface area contributed by atoms with E-state index in [9.17, 15) is 0 Å². The molecule has 2 nitrogen and oxygen atoms in total. The lowest BCUT2D eigenvalue weighted by atomic mass is 9.99. The highest BCUT2D eigenvalue weighted by molar-refractivity contribution is 5.70. The first-order valence-corrected chi connectivity index (χ1v) is 5.04. The van der Waals surface area contributed by atoms with Crippen molar-refractivity contribution in [3.8, 4) is 17.2 Å². The lowest BCUT2D eigenvalue weighted by Crippen LogP contribution is -1.87. The molecule has 0 bridgehead atoms. The topological polar surface area (TPSA) is 44.0 Å². The van der Waals surface area contributed by atoms with Gasteiger partial charge in [-0.3, -0.25) is 0 Å². The Labute approximate surface area is 94.4 Å². The van der Waals surface area contributed by atoms with E-state index in [2.05, 4.69) is 6.07 Å². The number of benzene rings is 2. The fourth-order valence-electron chi connectivity index (χ4n) is 1.67. The third kappa shape index (κ3) is 1.95. The lowest BCUT2D eigenvalue weighted by molar-refractivity contribution is 0.282. The molecule has 0 saturated heterocycles. The van der Waals surface area contributed by atoms with Gasteiger partial charge in [0, 0.05) is 0 Å². The van der Waals surface area contributed by atoms with Crippen LogP contribution in [0.4, 0.5) is 0 Å². The van der Waals surface area contributed by atoms with Gasteiger partial charge in [0.05, 0.1) is 18.2 Å².